The highest BCUT2D eigenvalue weighted by Crippen LogP contribution is 2.30. The van der Waals surface area contributed by atoms with Crippen LogP contribution in [0.2, 0.25) is 0 Å². The van der Waals surface area contributed by atoms with E-state index in [-0.39, 0.29) is 5.91 Å². The predicted molar refractivity (Wildman–Crippen MR) is 93.3 cm³/mol. The Morgan fingerprint density at radius 1 is 1.19 bits per heavy atom. The van der Waals surface area contributed by atoms with Crippen molar-refractivity contribution >= 4 is 17.3 Å². The maximum atomic E-state index is 12.6. The van der Waals surface area contributed by atoms with E-state index in [9.17, 15) is 18.0 Å². The summed E-state index contributed by atoms with van der Waals surface area (Å²) in [6, 6.07) is 8.05. The van der Waals surface area contributed by atoms with Crippen LogP contribution in [0.5, 0.6) is 0 Å². The lowest BCUT2D eigenvalue weighted by molar-refractivity contribution is -0.137. The van der Waals surface area contributed by atoms with E-state index in [0.29, 0.717) is 23.0 Å². The summed E-state index contributed by atoms with van der Waals surface area (Å²) in [5.74, 6) is 0.355. The summed E-state index contributed by atoms with van der Waals surface area (Å²) in [7, 11) is 0. The third kappa shape index (κ3) is 4.33. The van der Waals surface area contributed by atoms with Crippen LogP contribution < -0.4 is 5.32 Å². The standard InChI is InChI=1S/C19H20F3N3O/c1-13-3-2-10-25(12-13)18(26)17-11-16(8-9-23-17)24-15-6-4-14(5-7-15)19(20,21)22/h4-9,11,13H,2-3,10,12H2,1H3,(H,23,24). The molecule has 1 atom stereocenters. The second-order valence-corrected chi connectivity index (χ2v) is 6.63. The fourth-order valence-electron chi connectivity index (χ4n) is 3.07. The Morgan fingerprint density at radius 3 is 2.58 bits per heavy atom. The molecule has 0 bridgehead atoms. The van der Waals surface area contributed by atoms with E-state index in [1.165, 1.54) is 18.3 Å². The molecule has 1 aliphatic rings. The van der Waals surface area contributed by atoms with Crippen LogP contribution in [-0.2, 0) is 6.18 Å². The second-order valence-electron chi connectivity index (χ2n) is 6.63. The molecule has 1 fully saturated rings. The number of anilines is 2. The van der Waals surface area contributed by atoms with Crippen LogP contribution in [0.1, 0.15) is 35.8 Å². The number of aromatic nitrogens is 1. The normalized spacial score (nSPS) is 17.8. The summed E-state index contributed by atoms with van der Waals surface area (Å²) in [5, 5.41) is 3.01. The summed E-state index contributed by atoms with van der Waals surface area (Å²) < 4.78 is 37.9. The highest BCUT2D eigenvalue weighted by molar-refractivity contribution is 5.93. The number of nitrogens with zero attached hydrogens (tertiary/aromatic N) is 2. The molecule has 138 valence electrons. The molecule has 1 saturated heterocycles. The van der Waals surface area contributed by atoms with Crippen LogP contribution in [-0.4, -0.2) is 28.9 Å². The Balaban J connectivity index is 1.72. The zero-order valence-corrected chi connectivity index (χ0v) is 14.4. The van der Waals surface area contributed by atoms with Crippen molar-refractivity contribution in [1.29, 1.82) is 0 Å². The smallest absolute Gasteiger partial charge is 0.355 e. The molecule has 1 aliphatic heterocycles. The van der Waals surface area contributed by atoms with Crippen LogP contribution in [0.15, 0.2) is 42.6 Å². The Hall–Kier alpha value is -2.57. The Kier molecular flexibility index (Phi) is 5.15. The molecule has 4 nitrogen and oxygen atoms in total. The number of hydrogen-bond acceptors (Lipinski definition) is 3. The number of carbonyl (C=O) groups is 1. The first-order valence-electron chi connectivity index (χ1n) is 8.52. The van der Waals surface area contributed by atoms with Crippen molar-refractivity contribution in [3.63, 3.8) is 0 Å². The molecule has 1 unspecified atom stereocenters. The van der Waals surface area contributed by atoms with E-state index in [4.69, 9.17) is 0 Å². The third-order valence-electron chi connectivity index (χ3n) is 4.42. The minimum absolute atomic E-state index is 0.118. The van der Waals surface area contributed by atoms with E-state index in [2.05, 4.69) is 17.2 Å². The fraction of sp³-hybridized carbons (Fsp3) is 0.368. The topological polar surface area (TPSA) is 45.2 Å². The molecule has 1 aromatic carbocycles. The zero-order valence-electron chi connectivity index (χ0n) is 14.4. The minimum atomic E-state index is -4.36. The number of carbonyl (C=O) groups excluding carboxylic acids is 1. The molecule has 2 aromatic rings. The van der Waals surface area contributed by atoms with Crippen LogP contribution in [0, 0.1) is 5.92 Å². The summed E-state index contributed by atoms with van der Waals surface area (Å²) >= 11 is 0. The van der Waals surface area contributed by atoms with E-state index >= 15 is 0 Å². The number of amides is 1. The van der Waals surface area contributed by atoms with Gasteiger partial charge in [-0.1, -0.05) is 6.92 Å². The van der Waals surface area contributed by atoms with E-state index < -0.39 is 11.7 Å². The van der Waals surface area contributed by atoms with E-state index in [1.54, 1.807) is 17.0 Å². The van der Waals surface area contributed by atoms with Crippen LogP contribution in [0.25, 0.3) is 0 Å². The van der Waals surface area contributed by atoms with Gasteiger partial charge in [0.05, 0.1) is 5.56 Å². The summed E-state index contributed by atoms with van der Waals surface area (Å²) in [4.78, 5) is 18.6. The second kappa shape index (κ2) is 7.35. The summed E-state index contributed by atoms with van der Waals surface area (Å²) in [6.07, 6.45) is -0.740. The molecule has 1 aromatic heterocycles. The molecule has 1 amide bonds. The number of pyridine rings is 1. The van der Waals surface area contributed by atoms with Gasteiger partial charge in [-0.3, -0.25) is 9.78 Å². The van der Waals surface area contributed by atoms with Gasteiger partial charge in [0.15, 0.2) is 0 Å². The SMILES string of the molecule is CC1CCCN(C(=O)c2cc(Nc3ccc(C(F)(F)F)cc3)ccn2)C1. The van der Waals surface area contributed by atoms with Crippen LogP contribution in [0.4, 0.5) is 24.5 Å². The highest BCUT2D eigenvalue weighted by atomic mass is 19.4. The first-order valence-corrected chi connectivity index (χ1v) is 8.52. The molecule has 1 N–H and O–H groups in total. The number of hydrogen-bond donors (Lipinski definition) is 1. The number of nitrogens with one attached hydrogen (secondary N) is 1. The van der Waals surface area contributed by atoms with E-state index in [1.807, 2.05) is 0 Å². The van der Waals surface area contributed by atoms with Gasteiger partial charge in [0.2, 0.25) is 0 Å². The molecule has 3 rings (SSSR count). The average molecular weight is 363 g/mol. The number of likely N-dealkylation sites (tertiary alicyclic amines) is 1. The lowest BCUT2D eigenvalue weighted by Crippen LogP contribution is -2.39. The molecule has 0 saturated carbocycles. The Morgan fingerprint density at radius 2 is 1.92 bits per heavy atom. The molecule has 2 heterocycles. The van der Waals surface area contributed by atoms with Gasteiger partial charge in [0, 0.05) is 30.7 Å². The molecule has 0 spiro atoms. The van der Waals surface area contributed by atoms with Gasteiger partial charge >= 0.3 is 6.18 Å². The molecule has 26 heavy (non-hydrogen) atoms. The number of rotatable bonds is 3. The number of halogens is 3. The van der Waals surface area contributed by atoms with Crippen molar-refractivity contribution in [1.82, 2.24) is 9.88 Å². The minimum Gasteiger partial charge on any atom is -0.355 e. The maximum absolute atomic E-state index is 12.6. The summed E-state index contributed by atoms with van der Waals surface area (Å²) in [5.41, 5.74) is 0.742. The van der Waals surface area contributed by atoms with Gasteiger partial charge in [-0.2, -0.15) is 13.2 Å². The number of benzene rings is 1. The van der Waals surface area contributed by atoms with Crippen molar-refractivity contribution in [2.75, 3.05) is 18.4 Å². The first kappa shape index (κ1) is 18.2. The number of alkyl halides is 3. The molecular formula is C19H20F3N3O. The lowest BCUT2D eigenvalue weighted by Gasteiger charge is -2.30. The molecular weight excluding hydrogens is 343 g/mol. The Bertz CT molecular complexity index is 774. The van der Waals surface area contributed by atoms with E-state index in [0.717, 1.165) is 38.1 Å². The molecule has 7 heteroatoms. The largest absolute Gasteiger partial charge is 0.416 e. The van der Waals surface area contributed by atoms with Gasteiger partial charge in [-0.25, -0.2) is 0 Å². The quantitative estimate of drug-likeness (QED) is 0.859. The van der Waals surface area contributed by atoms with Gasteiger partial charge in [0.1, 0.15) is 5.69 Å². The molecule has 0 radical (unpaired) electrons. The van der Waals surface area contributed by atoms with Crippen LogP contribution in [0.3, 0.4) is 0 Å². The molecule has 0 aliphatic carbocycles. The maximum Gasteiger partial charge on any atom is 0.416 e. The zero-order chi connectivity index (χ0) is 18.7. The third-order valence-corrected chi connectivity index (χ3v) is 4.42. The average Bonchev–Trinajstić information content (AvgIpc) is 2.61. The fourth-order valence-corrected chi connectivity index (χ4v) is 3.07. The van der Waals surface area contributed by atoms with Crippen molar-refractivity contribution < 1.29 is 18.0 Å². The monoisotopic (exact) mass is 363 g/mol. The highest BCUT2D eigenvalue weighted by Gasteiger charge is 2.30. The first-order chi connectivity index (χ1) is 12.3. The van der Waals surface area contributed by atoms with Gasteiger partial charge in [0.25, 0.3) is 5.91 Å². The van der Waals surface area contributed by atoms with Gasteiger partial charge in [-0.15, -0.1) is 0 Å². The van der Waals surface area contributed by atoms with Gasteiger partial charge in [-0.05, 0) is 55.2 Å². The van der Waals surface area contributed by atoms with Crippen LogP contribution >= 0.6 is 0 Å². The van der Waals surface area contributed by atoms with Crippen molar-refractivity contribution in [2.45, 2.75) is 25.9 Å². The summed E-state index contributed by atoms with van der Waals surface area (Å²) in [6.45, 7) is 3.56. The van der Waals surface area contributed by atoms with Crippen molar-refractivity contribution in [2.24, 2.45) is 5.92 Å². The predicted octanol–water partition coefficient (Wildman–Crippen LogP) is 4.72. The van der Waals surface area contributed by atoms with Crippen molar-refractivity contribution in [3.05, 3.63) is 53.9 Å². The van der Waals surface area contributed by atoms with Crippen molar-refractivity contribution in [3.8, 4) is 0 Å². The Labute approximate surface area is 150 Å². The lowest BCUT2D eigenvalue weighted by atomic mass is 10.00. The number of piperidine rings is 1. The van der Waals surface area contributed by atoms with Gasteiger partial charge < -0.3 is 10.2 Å².